The first-order chi connectivity index (χ1) is 15.7. The summed E-state index contributed by atoms with van der Waals surface area (Å²) >= 11 is 0. The number of benzene rings is 1. The molecule has 7 nitrogen and oxygen atoms in total. The number of fused-ring (bicyclic) bond motifs is 3. The second-order valence-corrected chi connectivity index (χ2v) is 9.25. The number of amides is 3. The fourth-order valence-electron chi connectivity index (χ4n) is 5.46. The van der Waals surface area contributed by atoms with Gasteiger partial charge in [-0.3, -0.25) is 4.79 Å². The summed E-state index contributed by atoms with van der Waals surface area (Å²) in [5.74, 6) is -0.869. The third-order valence-electron chi connectivity index (χ3n) is 7.10. The van der Waals surface area contributed by atoms with Crippen molar-refractivity contribution < 1.29 is 36.6 Å². The van der Waals surface area contributed by atoms with E-state index in [1.165, 1.54) is 0 Å². The summed E-state index contributed by atoms with van der Waals surface area (Å²) in [6.45, 7) is 1.42. The molecular formula is C22H25F4N3O4. The van der Waals surface area contributed by atoms with Crippen LogP contribution in [0.1, 0.15) is 30.4 Å². The van der Waals surface area contributed by atoms with Gasteiger partial charge in [-0.15, -0.1) is 0 Å². The van der Waals surface area contributed by atoms with Gasteiger partial charge in [-0.05, 0) is 37.3 Å². The highest BCUT2D eigenvalue weighted by atomic mass is 19.4. The molecule has 1 aromatic rings. The van der Waals surface area contributed by atoms with Crippen molar-refractivity contribution in [1.82, 2.24) is 15.1 Å². The predicted octanol–water partition coefficient (Wildman–Crippen LogP) is 2.53. The second kappa shape index (κ2) is 8.43. The largest absolute Gasteiger partial charge is 0.416 e. The first-order valence-electron chi connectivity index (χ1n) is 11.1. The van der Waals surface area contributed by atoms with E-state index in [1.54, 1.807) is 9.80 Å². The number of halogens is 4. The van der Waals surface area contributed by atoms with Crippen LogP contribution in [0.15, 0.2) is 18.2 Å². The highest BCUT2D eigenvalue weighted by Crippen LogP contribution is 2.40. The van der Waals surface area contributed by atoms with E-state index in [4.69, 9.17) is 9.47 Å². The predicted molar refractivity (Wildman–Crippen MR) is 106 cm³/mol. The molecule has 0 aromatic heterocycles. The molecule has 4 aliphatic rings. The lowest BCUT2D eigenvalue weighted by Crippen LogP contribution is -2.63. The quantitative estimate of drug-likeness (QED) is 0.688. The van der Waals surface area contributed by atoms with Crippen molar-refractivity contribution >= 4 is 11.9 Å². The molecule has 2 bridgehead atoms. The first-order valence-corrected chi connectivity index (χ1v) is 11.1. The van der Waals surface area contributed by atoms with Crippen LogP contribution >= 0.6 is 0 Å². The Morgan fingerprint density at radius 1 is 1.24 bits per heavy atom. The maximum Gasteiger partial charge on any atom is 0.416 e. The van der Waals surface area contributed by atoms with Crippen LogP contribution < -0.4 is 5.32 Å². The third-order valence-corrected chi connectivity index (χ3v) is 7.10. The number of rotatable bonds is 3. The highest BCUT2D eigenvalue weighted by molar-refractivity contribution is 5.79. The molecule has 1 saturated carbocycles. The minimum Gasteiger partial charge on any atom is -0.371 e. The van der Waals surface area contributed by atoms with E-state index in [0.29, 0.717) is 32.1 Å². The van der Waals surface area contributed by atoms with Gasteiger partial charge in [0.15, 0.2) is 0 Å². The van der Waals surface area contributed by atoms with Gasteiger partial charge < -0.3 is 24.6 Å². The van der Waals surface area contributed by atoms with E-state index in [2.05, 4.69) is 5.32 Å². The minimum absolute atomic E-state index is 0.0452. The third kappa shape index (κ3) is 4.40. The molecule has 0 spiro atoms. The number of hydrogen-bond acceptors (Lipinski definition) is 4. The number of piperidine rings is 2. The van der Waals surface area contributed by atoms with Crippen LogP contribution in [0.5, 0.6) is 0 Å². The topological polar surface area (TPSA) is 71.1 Å². The number of morpholine rings is 1. The molecule has 0 radical (unpaired) electrons. The molecule has 1 aromatic carbocycles. The van der Waals surface area contributed by atoms with Crippen LogP contribution in [0.3, 0.4) is 0 Å². The SMILES string of the molecule is O=C1CO[C@H]2CCN(C(=O)N3C[C@H]4C[C@@H]3[C@H](OCc3ccc(C(F)(F)F)cc3F)C4)C[C@H]2N1. The molecule has 3 heterocycles. The molecule has 1 aliphatic carbocycles. The number of carbonyl (C=O) groups excluding carboxylic acids is 2. The number of urea groups is 1. The summed E-state index contributed by atoms with van der Waals surface area (Å²) in [6.07, 6.45) is -2.84. The van der Waals surface area contributed by atoms with Gasteiger partial charge in [0.2, 0.25) is 5.91 Å². The Morgan fingerprint density at radius 3 is 2.79 bits per heavy atom. The number of nitrogens with zero attached hydrogens (tertiary/aromatic N) is 2. The number of hydrogen-bond donors (Lipinski definition) is 1. The Labute approximate surface area is 188 Å². The molecule has 33 heavy (non-hydrogen) atoms. The van der Waals surface area contributed by atoms with Gasteiger partial charge in [0.1, 0.15) is 12.4 Å². The zero-order chi connectivity index (χ0) is 23.3. The van der Waals surface area contributed by atoms with Gasteiger partial charge in [-0.2, -0.15) is 13.2 Å². The number of ether oxygens (including phenoxy) is 2. The lowest BCUT2D eigenvalue weighted by Gasteiger charge is -2.43. The monoisotopic (exact) mass is 471 g/mol. The van der Waals surface area contributed by atoms with E-state index in [-0.39, 0.29) is 60.9 Å². The van der Waals surface area contributed by atoms with Crippen molar-refractivity contribution in [3.8, 4) is 0 Å². The van der Waals surface area contributed by atoms with Gasteiger partial charge in [0.05, 0.1) is 36.5 Å². The fourth-order valence-corrected chi connectivity index (χ4v) is 5.46. The van der Waals surface area contributed by atoms with E-state index >= 15 is 0 Å². The molecule has 5 atom stereocenters. The Kier molecular flexibility index (Phi) is 5.72. The molecule has 1 N–H and O–H groups in total. The van der Waals surface area contributed by atoms with Crippen molar-refractivity contribution in [3.05, 3.63) is 35.1 Å². The van der Waals surface area contributed by atoms with Crippen LogP contribution in [-0.2, 0) is 27.1 Å². The van der Waals surface area contributed by atoms with Crippen molar-refractivity contribution in [2.75, 3.05) is 26.2 Å². The van der Waals surface area contributed by atoms with Crippen LogP contribution in [0, 0.1) is 11.7 Å². The summed E-state index contributed by atoms with van der Waals surface area (Å²) in [4.78, 5) is 28.4. The van der Waals surface area contributed by atoms with E-state index in [0.717, 1.165) is 25.0 Å². The summed E-state index contributed by atoms with van der Waals surface area (Å²) in [5, 5.41) is 2.89. The minimum atomic E-state index is -4.60. The molecule has 0 unspecified atom stereocenters. The van der Waals surface area contributed by atoms with Gasteiger partial charge in [0.25, 0.3) is 0 Å². The lowest BCUT2D eigenvalue weighted by atomic mass is 10.0. The van der Waals surface area contributed by atoms with Gasteiger partial charge in [-0.25, -0.2) is 9.18 Å². The summed E-state index contributed by atoms with van der Waals surface area (Å²) < 4.78 is 63.8. The van der Waals surface area contributed by atoms with Gasteiger partial charge in [0, 0.05) is 25.2 Å². The van der Waals surface area contributed by atoms with Crippen molar-refractivity contribution in [3.63, 3.8) is 0 Å². The Hall–Kier alpha value is -2.40. The van der Waals surface area contributed by atoms with Crippen molar-refractivity contribution in [2.24, 2.45) is 5.92 Å². The standard InChI is InChI=1S/C22H25F4N3O4/c23-15-7-14(22(24,25)26)2-1-13(15)10-32-19-6-12-5-17(19)29(8-12)21(31)28-4-3-18-16(9-28)27-20(30)11-33-18/h1-2,7,12,16-19H,3-6,8-11H2,(H,27,30)/t12-,16+,17+,18-,19+/m0/s1. The fraction of sp³-hybridized carbons (Fsp3) is 0.636. The maximum atomic E-state index is 14.2. The Bertz CT molecular complexity index is 943. The maximum absolute atomic E-state index is 14.2. The van der Waals surface area contributed by atoms with Crippen LogP contribution in [-0.4, -0.2) is 72.3 Å². The summed E-state index contributed by atoms with van der Waals surface area (Å²) in [5.41, 5.74) is -0.984. The number of nitrogens with one attached hydrogen (secondary N) is 1. The molecule has 180 valence electrons. The zero-order valence-electron chi connectivity index (χ0n) is 17.8. The average Bonchev–Trinajstić information content (AvgIpc) is 3.37. The summed E-state index contributed by atoms with van der Waals surface area (Å²) in [6, 6.07) is 1.92. The van der Waals surface area contributed by atoms with Crippen molar-refractivity contribution in [1.29, 1.82) is 0 Å². The van der Waals surface area contributed by atoms with E-state index in [9.17, 15) is 27.2 Å². The molecule has 3 saturated heterocycles. The van der Waals surface area contributed by atoms with Crippen LogP contribution in [0.2, 0.25) is 0 Å². The summed E-state index contributed by atoms with van der Waals surface area (Å²) in [7, 11) is 0. The lowest BCUT2D eigenvalue weighted by molar-refractivity contribution is -0.140. The normalized spacial score (nSPS) is 31.5. The Balaban J connectivity index is 1.20. The van der Waals surface area contributed by atoms with Crippen molar-refractivity contribution in [2.45, 2.75) is 56.3 Å². The molecule has 5 rings (SSSR count). The first kappa shape index (κ1) is 22.4. The Morgan fingerprint density at radius 2 is 2.06 bits per heavy atom. The highest BCUT2D eigenvalue weighted by Gasteiger charge is 2.49. The molecular weight excluding hydrogens is 446 g/mol. The molecule has 3 amide bonds. The van der Waals surface area contributed by atoms with Gasteiger partial charge >= 0.3 is 12.2 Å². The van der Waals surface area contributed by atoms with Crippen LogP contribution in [0.25, 0.3) is 0 Å². The molecule has 3 aliphatic heterocycles. The molecule has 11 heteroatoms. The second-order valence-electron chi connectivity index (χ2n) is 9.25. The smallest absolute Gasteiger partial charge is 0.371 e. The zero-order valence-corrected chi connectivity index (χ0v) is 17.8. The number of carbonyl (C=O) groups is 2. The average molecular weight is 471 g/mol. The number of likely N-dealkylation sites (tertiary alicyclic amines) is 2. The molecule has 4 fully saturated rings. The van der Waals surface area contributed by atoms with Gasteiger partial charge in [-0.1, -0.05) is 6.07 Å². The van der Waals surface area contributed by atoms with E-state index < -0.39 is 17.6 Å². The van der Waals surface area contributed by atoms with E-state index in [1.807, 2.05) is 0 Å². The van der Waals surface area contributed by atoms with Crippen LogP contribution in [0.4, 0.5) is 22.4 Å². The number of alkyl halides is 3.